The number of carbonyl (C=O) groups is 4. The number of unbranched alkanes of at least 4 members (excludes halogenated alkanes) is 5. The first-order chi connectivity index (χ1) is 41.7. The Bertz CT molecular complexity index is 3080. The van der Waals surface area contributed by atoms with Gasteiger partial charge >= 0.3 is 244 Å². The van der Waals surface area contributed by atoms with Crippen molar-refractivity contribution in [2.75, 3.05) is 71.2 Å². The van der Waals surface area contributed by atoms with Crippen LogP contribution in [0.25, 0.3) is 21.8 Å². The van der Waals surface area contributed by atoms with Gasteiger partial charge in [0.05, 0.1) is 30.3 Å². The van der Waals surface area contributed by atoms with E-state index >= 15 is 0 Å². The molecule has 86 heavy (non-hydrogen) atoms. The number of carbonyl (C=O) groups excluding carboxylic acids is 4. The molecule has 4 amide bonds. The van der Waals surface area contributed by atoms with Crippen molar-refractivity contribution in [1.82, 2.24) is 49.5 Å². The fraction of sp³-hybridized carbons (Fsp3) is 0.500. The van der Waals surface area contributed by atoms with Crippen LogP contribution in [0, 0.1) is 6.92 Å². The number of alkyl halides is 1. The monoisotopic (exact) mass is 1310 g/mol. The summed E-state index contributed by atoms with van der Waals surface area (Å²) >= 11 is -1.30. The SMILES string of the molecule is Cc1ncsc1-c1ccc(CNC(=O)[C@@H]2C[C@@H](O)CN2C(=O)I(NC(=O)CCCCCOCCOCCOCCCCCCOc2cccc([C@H](C)NC(=O)c3cccc(NC4(c5nc(-c6ccncc6)n[nH]5)CCNCC4)c3)c2)C(C)(C)C)cc1. The van der Waals surface area contributed by atoms with E-state index in [4.69, 9.17) is 23.9 Å². The number of anilines is 1. The molecular formula is C64H86IN11O9S. The molecule has 0 spiro atoms. The number of β-amino-alcohol motifs (C(OH)–C–C–N with tert-alkyl or cyclic N) is 1. The zero-order valence-corrected chi connectivity index (χ0v) is 53.3. The molecule has 0 saturated carbocycles. The Morgan fingerprint density at radius 2 is 1.51 bits per heavy atom. The van der Waals surface area contributed by atoms with Gasteiger partial charge in [0.1, 0.15) is 5.75 Å². The predicted octanol–water partition coefficient (Wildman–Crippen LogP) is 10.2. The number of ether oxygens (including phenoxy) is 4. The van der Waals surface area contributed by atoms with Crippen molar-refractivity contribution in [3.8, 4) is 27.6 Å². The number of benzene rings is 3. The van der Waals surface area contributed by atoms with Gasteiger partial charge in [0.15, 0.2) is 11.6 Å². The molecule has 2 aliphatic rings. The molecule has 0 aliphatic carbocycles. The van der Waals surface area contributed by atoms with Gasteiger partial charge in [-0.15, -0.1) is 0 Å². The van der Waals surface area contributed by atoms with Gasteiger partial charge < -0.3 is 25.4 Å². The molecule has 22 heteroatoms. The van der Waals surface area contributed by atoms with Crippen LogP contribution >= 0.6 is 31.4 Å². The molecule has 0 radical (unpaired) electrons. The number of nitrogens with one attached hydrogen (secondary N) is 6. The third kappa shape index (κ3) is 19.5. The second-order valence-electron chi connectivity index (χ2n) is 22.8. The first kappa shape index (κ1) is 65.6. The second-order valence-corrected chi connectivity index (χ2v) is 30.0. The average molecular weight is 1310 g/mol. The van der Waals surface area contributed by atoms with Gasteiger partial charge in [-0.05, 0) is 107 Å². The number of rotatable bonds is 33. The molecule has 6 aromatic rings. The Balaban J connectivity index is 0.622. The van der Waals surface area contributed by atoms with Crippen LogP contribution in [0.1, 0.15) is 137 Å². The molecule has 5 heterocycles. The number of likely N-dealkylation sites (tertiary alicyclic amines) is 1. The van der Waals surface area contributed by atoms with Gasteiger partial charge in [0, 0.05) is 35.8 Å². The summed E-state index contributed by atoms with van der Waals surface area (Å²) < 4.78 is 25.7. The van der Waals surface area contributed by atoms with Gasteiger partial charge in [-0.25, -0.2) is 9.97 Å². The number of aliphatic hydroxyl groups excluding tert-OH is 1. The van der Waals surface area contributed by atoms with Crippen molar-refractivity contribution in [2.45, 2.75) is 139 Å². The molecule has 3 aromatic carbocycles. The van der Waals surface area contributed by atoms with Crippen LogP contribution < -0.4 is 29.5 Å². The summed E-state index contributed by atoms with van der Waals surface area (Å²) in [4.78, 5) is 70.3. The topological polar surface area (TPSA) is 256 Å². The number of piperidine rings is 1. The summed E-state index contributed by atoms with van der Waals surface area (Å²) in [5.74, 6) is 1.50. The van der Waals surface area contributed by atoms with Gasteiger partial charge in [-0.1, -0.05) is 24.6 Å². The fourth-order valence-corrected chi connectivity index (χ4v) is 15.6. The molecular weight excluding hydrogens is 1230 g/mol. The molecule has 464 valence electrons. The van der Waals surface area contributed by atoms with Gasteiger partial charge in [0.25, 0.3) is 5.91 Å². The summed E-state index contributed by atoms with van der Waals surface area (Å²) in [6.45, 7) is 15.6. The van der Waals surface area contributed by atoms with Gasteiger partial charge in [-0.3, -0.25) is 14.9 Å². The molecule has 0 bridgehead atoms. The standard InChI is InChI=1S/C64H86IN11O9S/c1-45(70-59(79)51-16-13-17-52(39-51)72-64(26-30-67-31-27-64)61-71-58(74-75-61)49-24-28-66-29-25-49)50-15-14-18-54(40-50)85-34-12-7-6-10-32-82-35-37-84-38-36-83-33-11-8-9-19-56(78)73-65(63(3,4)5)62(81)76-43-53(77)41-55(76)60(80)68-42-47-20-22-48(23-21-47)57-46(2)69-44-86-57/h13-18,20-25,28-29,39-40,44-45,53,55,67,72,77H,6-12,19,26-27,30-38,41-43H2,1-5H3,(H,68,80)(H,70,79)(H,73,78)(H,71,74,75)/t45-,53+,55-/m0/s1. The van der Waals surface area contributed by atoms with E-state index in [-0.39, 0.29) is 47.2 Å². The van der Waals surface area contributed by atoms with Crippen molar-refractivity contribution in [3.63, 3.8) is 0 Å². The summed E-state index contributed by atoms with van der Waals surface area (Å²) in [5.41, 5.74) is 7.53. The van der Waals surface area contributed by atoms with Crippen molar-refractivity contribution in [2.24, 2.45) is 0 Å². The summed E-state index contributed by atoms with van der Waals surface area (Å²) in [5, 5.41) is 31.6. The summed E-state index contributed by atoms with van der Waals surface area (Å²) in [6, 6.07) is 26.2. The van der Waals surface area contributed by atoms with Crippen LogP contribution in [0.15, 0.2) is 103 Å². The third-order valence-corrected chi connectivity index (χ3v) is 22.0. The Hall–Kier alpha value is -6.41. The molecule has 2 fully saturated rings. The number of aryl methyl sites for hydroxylation is 1. The Labute approximate surface area is 517 Å². The molecule has 20 nitrogen and oxygen atoms in total. The zero-order chi connectivity index (χ0) is 60.7. The van der Waals surface area contributed by atoms with Crippen LogP contribution in [0.2, 0.25) is 0 Å². The maximum atomic E-state index is 14.1. The fourth-order valence-electron chi connectivity index (χ4n) is 10.3. The number of aromatic nitrogens is 5. The van der Waals surface area contributed by atoms with E-state index in [1.165, 1.54) is 4.90 Å². The van der Waals surface area contributed by atoms with Crippen molar-refractivity contribution in [1.29, 1.82) is 0 Å². The van der Waals surface area contributed by atoms with E-state index in [1.54, 1.807) is 23.7 Å². The number of aromatic amines is 1. The predicted molar refractivity (Wildman–Crippen MR) is 343 cm³/mol. The maximum absolute atomic E-state index is 14.1. The number of aliphatic hydroxyl groups is 1. The molecule has 2 saturated heterocycles. The molecule has 3 aromatic heterocycles. The van der Waals surface area contributed by atoms with E-state index in [1.807, 2.05) is 125 Å². The van der Waals surface area contributed by atoms with Crippen molar-refractivity contribution < 1.29 is 43.2 Å². The van der Waals surface area contributed by atoms with Crippen molar-refractivity contribution in [3.05, 3.63) is 131 Å². The zero-order valence-electron chi connectivity index (χ0n) is 50.3. The molecule has 0 unspecified atom stereocenters. The first-order valence-corrected chi connectivity index (χ1v) is 34.2. The Morgan fingerprint density at radius 1 is 0.826 bits per heavy atom. The minimum atomic E-state index is -2.88. The Morgan fingerprint density at radius 3 is 2.21 bits per heavy atom. The van der Waals surface area contributed by atoms with Gasteiger partial charge in [-0.2, -0.15) is 5.10 Å². The molecule has 3 atom stereocenters. The van der Waals surface area contributed by atoms with Gasteiger partial charge in [0.2, 0.25) is 0 Å². The summed E-state index contributed by atoms with van der Waals surface area (Å²) in [7, 11) is 0. The van der Waals surface area contributed by atoms with Crippen LogP contribution in [-0.2, 0) is 35.9 Å². The number of halogens is 1. The number of hydrogen-bond acceptors (Lipinski definition) is 16. The first-order valence-electron chi connectivity index (χ1n) is 30.1. The van der Waals surface area contributed by atoms with E-state index < -0.39 is 41.2 Å². The van der Waals surface area contributed by atoms with Crippen LogP contribution in [0.5, 0.6) is 5.75 Å². The van der Waals surface area contributed by atoms with E-state index in [9.17, 15) is 24.3 Å². The van der Waals surface area contributed by atoms with Crippen LogP contribution in [0.3, 0.4) is 0 Å². The second kappa shape index (κ2) is 33.1. The summed E-state index contributed by atoms with van der Waals surface area (Å²) in [6.07, 6.45) is 10.9. The minimum absolute atomic E-state index is 0.0603. The normalized spacial score (nSPS) is 16.3. The third-order valence-electron chi connectivity index (χ3n) is 15.1. The van der Waals surface area contributed by atoms with Crippen LogP contribution in [0.4, 0.5) is 10.5 Å². The van der Waals surface area contributed by atoms with E-state index in [0.29, 0.717) is 70.5 Å². The van der Waals surface area contributed by atoms with E-state index in [0.717, 1.165) is 115 Å². The number of hydrogen-bond donors (Lipinski definition) is 7. The quantitative estimate of drug-likeness (QED) is 0.00505. The number of amides is 4. The van der Waals surface area contributed by atoms with Crippen molar-refractivity contribution >= 4 is 58.8 Å². The number of nitrogens with zero attached hydrogens (tertiary/aromatic N) is 5. The van der Waals surface area contributed by atoms with Crippen LogP contribution in [-0.4, -0.2) is 138 Å². The Kier molecular flexibility index (Phi) is 25.2. The average Bonchev–Trinajstić information content (AvgIpc) is 2.51. The number of pyridine rings is 1. The molecule has 2 aliphatic heterocycles. The molecule has 8 rings (SSSR count). The number of H-pyrrole nitrogens is 1. The number of thiazole rings is 1. The molecule has 7 N–H and O–H groups in total. The van der Waals surface area contributed by atoms with E-state index in [2.05, 4.69) is 45.0 Å².